The Hall–Kier alpha value is -0.900. The molecule has 0 amide bonds. The van der Waals surface area contributed by atoms with Crippen LogP contribution in [0, 0.1) is 5.82 Å². The van der Waals surface area contributed by atoms with Gasteiger partial charge in [0.15, 0.2) is 0 Å². The smallest absolute Gasteiger partial charge is 0.142 e. The summed E-state index contributed by atoms with van der Waals surface area (Å²) in [5.41, 5.74) is 0.777. The number of methoxy groups -OCH3 is 1. The molecule has 0 heterocycles. The molecule has 1 rings (SSSR count). The van der Waals surface area contributed by atoms with Crippen LogP contribution in [0.15, 0.2) is 18.2 Å². The minimum absolute atomic E-state index is 0.247. The van der Waals surface area contributed by atoms with Crippen LogP contribution >= 0.6 is 12.6 Å². The van der Waals surface area contributed by atoms with E-state index in [0.717, 1.165) is 24.4 Å². The van der Waals surface area contributed by atoms with Crippen molar-refractivity contribution in [1.82, 2.24) is 0 Å². The highest BCUT2D eigenvalue weighted by Gasteiger charge is 2.08. The quantitative estimate of drug-likeness (QED) is 0.779. The molecular formula is C11H16FNOS. The summed E-state index contributed by atoms with van der Waals surface area (Å²) in [6, 6.07) is 4.52. The number of halogens is 1. The number of nitrogens with zero attached hydrogens (tertiary/aromatic N) is 1. The molecule has 0 aliphatic rings. The number of rotatable bonds is 5. The lowest BCUT2D eigenvalue weighted by molar-refractivity contribution is 0.413. The van der Waals surface area contributed by atoms with Crippen molar-refractivity contribution in [3.05, 3.63) is 24.0 Å². The van der Waals surface area contributed by atoms with Crippen molar-refractivity contribution in [2.45, 2.75) is 6.42 Å². The summed E-state index contributed by atoms with van der Waals surface area (Å²) < 4.78 is 18.2. The van der Waals surface area contributed by atoms with Gasteiger partial charge in [-0.15, -0.1) is 0 Å². The number of anilines is 1. The van der Waals surface area contributed by atoms with E-state index in [1.54, 1.807) is 13.2 Å². The first-order chi connectivity index (χ1) is 7.19. The van der Waals surface area contributed by atoms with Crippen LogP contribution in [-0.4, -0.2) is 26.5 Å². The second-order valence-corrected chi connectivity index (χ2v) is 3.76. The van der Waals surface area contributed by atoms with E-state index in [1.807, 2.05) is 11.9 Å². The van der Waals surface area contributed by atoms with Crippen LogP contribution in [0.3, 0.4) is 0 Å². The van der Waals surface area contributed by atoms with E-state index in [-0.39, 0.29) is 5.82 Å². The van der Waals surface area contributed by atoms with Crippen molar-refractivity contribution >= 4 is 18.3 Å². The molecule has 0 radical (unpaired) electrons. The van der Waals surface area contributed by atoms with Gasteiger partial charge >= 0.3 is 0 Å². The predicted molar refractivity (Wildman–Crippen MR) is 64.7 cm³/mol. The second kappa shape index (κ2) is 5.85. The lowest BCUT2D eigenvalue weighted by Gasteiger charge is -2.21. The maximum absolute atomic E-state index is 13.1. The van der Waals surface area contributed by atoms with Gasteiger partial charge in [0.25, 0.3) is 0 Å². The van der Waals surface area contributed by atoms with Crippen LogP contribution in [0.1, 0.15) is 6.42 Å². The molecule has 1 aromatic carbocycles. The zero-order chi connectivity index (χ0) is 11.3. The maximum Gasteiger partial charge on any atom is 0.142 e. The summed E-state index contributed by atoms with van der Waals surface area (Å²) in [4.78, 5) is 1.97. The third kappa shape index (κ3) is 3.30. The fourth-order valence-corrected chi connectivity index (χ4v) is 1.53. The first kappa shape index (κ1) is 12.2. The molecular weight excluding hydrogens is 213 g/mol. The Balaban J connectivity index is 2.85. The molecule has 0 N–H and O–H groups in total. The summed E-state index contributed by atoms with van der Waals surface area (Å²) in [5.74, 6) is 1.27. The number of ether oxygens (including phenoxy) is 1. The zero-order valence-electron chi connectivity index (χ0n) is 9.03. The van der Waals surface area contributed by atoms with Gasteiger partial charge < -0.3 is 9.64 Å². The monoisotopic (exact) mass is 229 g/mol. The molecule has 84 valence electrons. The van der Waals surface area contributed by atoms with E-state index in [1.165, 1.54) is 12.1 Å². The van der Waals surface area contributed by atoms with Gasteiger partial charge in [-0.1, -0.05) is 0 Å². The lowest BCUT2D eigenvalue weighted by Crippen LogP contribution is -2.19. The fourth-order valence-electron chi connectivity index (χ4n) is 1.39. The minimum atomic E-state index is -0.247. The Morgan fingerprint density at radius 3 is 2.80 bits per heavy atom. The van der Waals surface area contributed by atoms with Crippen LogP contribution < -0.4 is 9.64 Å². The first-order valence-electron chi connectivity index (χ1n) is 4.84. The van der Waals surface area contributed by atoms with Crippen LogP contribution in [0.25, 0.3) is 0 Å². The van der Waals surface area contributed by atoms with Gasteiger partial charge in [0.05, 0.1) is 12.8 Å². The Labute approximate surface area is 95.5 Å². The third-order valence-corrected chi connectivity index (χ3v) is 2.52. The largest absolute Gasteiger partial charge is 0.495 e. The van der Waals surface area contributed by atoms with Crippen molar-refractivity contribution in [3.8, 4) is 5.75 Å². The van der Waals surface area contributed by atoms with E-state index in [2.05, 4.69) is 12.6 Å². The van der Waals surface area contributed by atoms with E-state index >= 15 is 0 Å². The summed E-state index contributed by atoms with van der Waals surface area (Å²) in [6.45, 7) is 0.837. The molecule has 0 saturated carbocycles. The van der Waals surface area contributed by atoms with E-state index in [0.29, 0.717) is 5.75 Å². The molecule has 0 aromatic heterocycles. The molecule has 15 heavy (non-hydrogen) atoms. The van der Waals surface area contributed by atoms with Gasteiger partial charge in [-0.3, -0.25) is 0 Å². The van der Waals surface area contributed by atoms with Gasteiger partial charge in [-0.05, 0) is 24.3 Å². The van der Waals surface area contributed by atoms with Crippen molar-refractivity contribution < 1.29 is 9.13 Å². The SMILES string of the molecule is COc1ccc(F)cc1N(C)CCCS. The van der Waals surface area contributed by atoms with Gasteiger partial charge in [0.2, 0.25) is 0 Å². The molecule has 4 heteroatoms. The normalized spacial score (nSPS) is 10.1. The Morgan fingerprint density at radius 1 is 1.47 bits per heavy atom. The van der Waals surface area contributed by atoms with Crippen LogP contribution in [0.4, 0.5) is 10.1 Å². The van der Waals surface area contributed by atoms with Gasteiger partial charge in [-0.25, -0.2) is 4.39 Å². The predicted octanol–water partition coefficient (Wildman–Crippen LogP) is 2.59. The Kier molecular flexibility index (Phi) is 4.75. The molecule has 2 nitrogen and oxygen atoms in total. The van der Waals surface area contributed by atoms with E-state index in [4.69, 9.17) is 4.74 Å². The van der Waals surface area contributed by atoms with Crippen molar-refractivity contribution in [2.24, 2.45) is 0 Å². The molecule has 0 aliphatic heterocycles. The molecule has 0 atom stereocenters. The van der Waals surface area contributed by atoms with E-state index in [9.17, 15) is 4.39 Å². The zero-order valence-corrected chi connectivity index (χ0v) is 9.93. The van der Waals surface area contributed by atoms with Crippen LogP contribution in [0.2, 0.25) is 0 Å². The summed E-state index contributed by atoms with van der Waals surface area (Å²) in [5, 5.41) is 0. The lowest BCUT2D eigenvalue weighted by atomic mass is 10.2. The van der Waals surface area contributed by atoms with Crippen molar-refractivity contribution in [2.75, 3.05) is 31.4 Å². The topological polar surface area (TPSA) is 12.5 Å². The van der Waals surface area contributed by atoms with Gasteiger partial charge in [0, 0.05) is 19.7 Å². The third-order valence-electron chi connectivity index (χ3n) is 2.20. The molecule has 0 unspecified atom stereocenters. The fraction of sp³-hybridized carbons (Fsp3) is 0.455. The van der Waals surface area contributed by atoms with Crippen molar-refractivity contribution in [3.63, 3.8) is 0 Å². The molecule has 0 saturated heterocycles. The standard InChI is InChI=1S/C11H16FNOS/c1-13(6-3-7-15)10-8-9(12)4-5-11(10)14-2/h4-5,8,15H,3,6-7H2,1-2H3. The number of hydrogen-bond acceptors (Lipinski definition) is 3. The minimum Gasteiger partial charge on any atom is -0.495 e. The molecule has 0 aliphatic carbocycles. The number of benzene rings is 1. The average Bonchev–Trinajstić information content (AvgIpc) is 2.25. The number of thiol groups is 1. The number of hydrogen-bond donors (Lipinski definition) is 1. The highest BCUT2D eigenvalue weighted by molar-refractivity contribution is 7.80. The van der Waals surface area contributed by atoms with E-state index < -0.39 is 0 Å². The summed E-state index contributed by atoms with van der Waals surface area (Å²) >= 11 is 4.14. The molecule has 1 aromatic rings. The van der Waals surface area contributed by atoms with Crippen molar-refractivity contribution in [1.29, 1.82) is 0 Å². The molecule has 0 spiro atoms. The molecule has 0 fully saturated rings. The Morgan fingerprint density at radius 2 is 2.20 bits per heavy atom. The maximum atomic E-state index is 13.1. The highest BCUT2D eigenvalue weighted by atomic mass is 32.1. The van der Waals surface area contributed by atoms with Gasteiger partial charge in [-0.2, -0.15) is 12.6 Å². The summed E-state index contributed by atoms with van der Waals surface area (Å²) in [7, 11) is 3.50. The Bertz CT molecular complexity index is 319. The first-order valence-corrected chi connectivity index (χ1v) is 5.48. The van der Waals surface area contributed by atoms with Crippen LogP contribution in [0.5, 0.6) is 5.75 Å². The highest BCUT2D eigenvalue weighted by Crippen LogP contribution is 2.27. The van der Waals surface area contributed by atoms with Gasteiger partial charge in [0.1, 0.15) is 11.6 Å². The summed E-state index contributed by atoms with van der Waals surface area (Å²) in [6.07, 6.45) is 0.958. The van der Waals surface area contributed by atoms with Crippen LogP contribution in [-0.2, 0) is 0 Å². The second-order valence-electron chi connectivity index (χ2n) is 3.31. The average molecular weight is 229 g/mol. The molecule has 0 bridgehead atoms.